The van der Waals surface area contributed by atoms with Crippen molar-refractivity contribution >= 4 is 17.5 Å². The Morgan fingerprint density at radius 3 is 2.68 bits per heavy atom. The van der Waals surface area contributed by atoms with Gasteiger partial charge in [0.15, 0.2) is 0 Å². The van der Waals surface area contributed by atoms with E-state index in [1.165, 1.54) is 5.56 Å². The van der Waals surface area contributed by atoms with Crippen molar-refractivity contribution in [3.05, 3.63) is 34.9 Å². The number of hydrogen-bond donors (Lipinski definition) is 1. The molecule has 104 valence electrons. The largest absolute Gasteiger partial charge is 0.370 e. The van der Waals surface area contributed by atoms with Crippen LogP contribution >= 0.6 is 11.6 Å². The van der Waals surface area contributed by atoms with Gasteiger partial charge in [0.2, 0.25) is 5.91 Å². The van der Waals surface area contributed by atoms with E-state index in [-0.39, 0.29) is 11.9 Å². The number of primary amides is 1. The number of nitrogens with two attached hydrogens (primary N) is 1. The number of hydrogen-bond acceptors (Lipinski definition) is 3. The van der Waals surface area contributed by atoms with Crippen LogP contribution in [0.3, 0.4) is 0 Å². The molecule has 1 fully saturated rings. The summed E-state index contributed by atoms with van der Waals surface area (Å²) in [5.41, 5.74) is 6.55. The average Bonchev–Trinajstić information content (AvgIpc) is 2.34. The van der Waals surface area contributed by atoms with Crippen LogP contribution in [-0.2, 0) is 11.3 Å². The molecule has 0 radical (unpaired) electrons. The first kappa shape index (κ1) is 14.3. The van der Waals surface area contributed by atoms with Gasteiger partial charge in [0.05, 0.1) is 0 Å². The SMILES string of the molecule is CN1CCN(Cc2ccc(Cl)cc2)C(CC(N)=O)C1. The number of likely N-dealkylation sites (N-methyl/N-ethyl adjacent to an activating group) is 1. The Hall–Kier alpha value is -1.10. The minimum Gasteiger partial charge on any atom is -0.370 e. The van der Waals surface area contributed by atoms with Gasteiger partial charge in [0.1, 0.15) is 0 Å². The molecule has 1 aromatic carbocycles. The number of piperazine rings is 1. The van der Waals surface area contributed by atoms with Gasteiger partial charge in [-0.3, -0.25) is 9.69 Å². The summed E-state index contributed by atoms with van der Waals surface area (Å²) in [5, 5.41) is 0.746. The molecule has 1 heterocycles. The molecular weight excluding hydrogens is 262 g/mol. The lowest BCUT2D eigenvalue weighted by Gasteiger charge is -2.39. The number of carbonyl (C=O) groups is 1. The first-order chi connectivity index (χ1) is 9.04. The van der Waals surface area contributed by atoms with E-state index < -0.39 is 0 Å². The van der Waals surface area contributed by atoms with Crippen molar-refractivity contribution in [2.45, 2.75) is 19.0 Å². The minimum atomic E-state index is -0.235. The zero-order valence-electron chi connectivity index (χ0n) is 11.2. The van der Waals surface area contributed by atoms with E-state index >= 15 is 0 Å². The quantitative estimate of drug-likeness (QED) is 0.906. The highest BCUT2D eigenvalue weighted by molar-refractivity contribution is 6.30. The lowest BCUT2D eigenvalue weighted by Crippen LogP contribution is -2.52. The Morgan fingerprint density at radius 2 is 2.05 bits per heavy atom. The van der Waals surface area contributed by atoms with Crippen molar-refractivity contribution in [2.24, 2.45) is 5.73 Å². The Labute approximate surface area is 119 Å². The summed E-state index contributed by atoms with van der Waals surface area (Å²) in [6.45, 7) is 3.69. The molecule has 0 spiro atoms. The standard InChI is InChI=1S/C14H20ClN3O/c1-17-6-7-18(13(10-17)8-14(16)19)9-11-2-4-12(15)5-3-11/h2-5,13H,6-10H2,1H3,(H2,16,19). The van der Waals surface area contributed by atoms with Crippen LogP contribution < -0.4 is 5.73 Å². The average molecular weight is 282 g/mol. The van der Waals surface area contributed by atoms with E-state index in [2.05, 4.69) is 16.8 Å². The number of nitrogens with zero attached hydrogens (tertiary/aromatic N) is 2. The molecule has 0 aromatic heterocycles. The number of amides is 1. The Kier molecular flexibility index (Phi) is 4.80. The molecule has 1 aliphatic heterocycles. The summed E-state index contributed by atoms with van der Waals surface area (Å²) in [6.07, 6.45) is 0.415. The monoisotopic (exact) mass is 281 g/mol. The summed E-state index contributed by atoms with van der Waals surface area (Å²) in [5.74, 6) is -0.235. The molecule has 4 nitrogen and oxygen atoms in total. The van der Waals surface area contributed by atoms with E-state index in [1.807, 2.05) is 24.3 Å². The van der Waals surface area contributed by atoms with Gasteiger partial charge in [-0.25, -0.2) is 0 Å². The predicted molar refractivity (Wildman–Crippen MR) is 77.0 cm³/mol. The van der Waals surface area contributed by atoms with Crippen molar-refractivity contribution in [1.82, 2.24) is 9.80 Å². The van der Waals surface area contributed by atoms with E-state index in [4.69, 9.17) is 17.3 Å². The zero-order valence-corrected chi connectivity index (χ0v) is 11.9. The van der Waals surface area contributed by atoms with E-state index in [9.17, 15) is 4.79 Å². The van der Waals surface area contributed by atoms with Crippen LogP contribution in [0.25, 0.3) is 0 Å². The second kappa shape index (κ2) is 6.37. The van der Waals surface area contributed by atoms with Gasteiger partial charge in [-0.05, 0) is 24.7 Å². The third-order valence-electron chi connectivity index (χ3n) is 3.54. The van der Waals surface area contributed by atoms with Gasteiger partial charge < -0.3 is 10.6 Å². The summed E-state index contributed by atoms with van der Waals surface area (Å²) < 4.78 is 0. The van der Waals surface area contributed by atoms with E-state index in [0.29, 0.717) is 6.42 Å². The van der Waals surface area contributed by atoms with Crippen LogP contribution in [0.1, 0.15) is 12.0 Å². The fraction of sp³-hybridized carbons (Fsp3) is 0.500. The summed E-state index contributed by atoms with van der Waals surface area (Å²) in [6, 6.07) is 8.06. The Bertz CT molecular complexity index is 435. The normalized spacial score (nSPS) is 21.5. The zero-order chi connectivity index (χ0) is 13.8. The van der Waals surface area contributed by atoms with Crippen LogP contribution in [0.4, 0.5) is 0 Å². The van der Waals surface area contributed by atoms with Gasteiger partial charge in [-0.1, -0.05) is 23.7 Å². The minimum absolute atomic E-state index is 0.201. The van der Waals surface area contributed by atoms with Crippen molar-refractivity contribution in [2.75, 3.05) is 26.7 Å². The molecule has 2 rings (SSSR count). The van der Waals surface area contributed by atoms with Crippen LogP contribution in [0, 0.1) is 0 Å². The molecule has 0 aliphatic carbocycles. The number of rotatable bonds is 4. The van der Waals surface area contributed by atoms with Crippen molar-refractivity contribution in [1.29, 1.82) is 0 Å². The first-order valence-electron chi connectivity index (χ1n) is 6.50. The second-order valence-electron chi connectivity index (χ2n) is 5.18. The molecule has 5 heteroatoms. The predicted octanol–water partition coefficient (Wildman–Crippen LogP) is 1.33. The maximum absolute atomic E-state index is 11.2. The van der Waals surface area contributed by atoms with E-state index in [0.717, 1.165) is 31.2 Å². The fourth-order valence-electron chi connectivity index (χ4n) is 2.51. The first-order valence-corrected chi connectivity index (χ1v) is 6.88. The topological polar surface area (TPSA) is 49.6 Å². The Balaban J connectivity index is 2.03. The third kappa shape index (κ3) is 4.20. The Morgan fingerprint density at radius 1 is 1.37 bits per heavy atom. The smallest absolute Gasteiger partial charge is 0.219 e. The highest BCUT2D eigenvalue weighted by Gasteiger charge is 2.26. The van der Waals surface area contributed by atoms with Gasteiger partial charge in [0.25, 0.3) is 0 Å². The molecule has 1 aromatic rings. The maximum atomic E-state index is 11.2. The molecule has 0 bridgehead atoms. The number of benzene rings is 1. The fourth-order valence-corrected chi connectivity index (χ4v) is 2.63. The molecule has 1 unspecified atom stereocenters. The van der Waals surface area contributed by atoms with E-state index in [1.54, 1.807) is 0 Å². The van der Waals surface area contributed by atoms with Crippen molar-refractivity contribution in [3.63, 3.8) is 0 Å². The molecule has 1 atom stereocenters. The third-order valence-corrected chi connectivity index (χ3v) is 3.80. The van der Waals surface area contributed by atoms with Crippen LogP contribution in [0.2, 0.25) is 5.02 Å². The van der Waals surface area contributed by atoms with Crippen molar-refractivity contribution < 1.29 is 4.79 Å². The molecule has 1 saturated heterocycles. The van der Waals surface area contributed by atoms with Crippen LogP contribution in [0.5, 0.6) is 0 Å². The highest BCUT2D eigenvalue weighted by atomic mass is 35.5. The molecule has 19 heavy (non-hydrogen) atoms. The van der Waals surface area contributed by atoms with Gasteiger partial charge in [-0.15, -0.1) is 0 Å². The summed E-state index contributed by atoms with van der Waals surface area (Å²) >= 11 is 5.89. The number of carbonyl (C=O) groups excluding carboxylic acids is 1. The number of halogens is 1. The van der Waals surface area contributed by atoms with Gasteiger partial charge in [-0.2, -0.15) is 0 Å². The molecule has 1 amide bonds. The van der Waals surface area contributed by atoms with Gasteiger partial charge in [0, 0.05) is 43.7 Å². The molecular formula is C14H20ClN3O. The summed E-state index contributed by atoms with van der Waals surface area (Å²) in [4.78, 5) is 15.7. The second-order valence-corrected chi connectivity index (χ2v) is 5.62. The molecule has 1 aliphatic rings. The molecule has 2 N–H and O–H groups in total. The van der Waals surface area contributed by atoms with Crippen LogP contribution in [-0.4, -0.2) is 48.4 Å². The van der Waals surface area contributed by atoms with Crippen molar-refractivity contribution in [3.8, 4) is 0 Å². The van der Waals surface area contributed by atoms with Crippen LogP contribution in [0.15, 0.2) is 24.3 Å². The summed E-state index contributed by atoms with van der Waals surface area (Å²) in [7, 11) is 2.08. The molecule has 0 saturated carbocycles. The lowest BCUT2D eigenvalue weighted by atomic mass is 10.1. The lowest BCUT2D eigenvalue weighted by molar-refractivity contribution is -0.119. The highest BCUT2D eigenvalue weighted by Crippen LogP contribution is 2.17. The maximum Gasteiger partial charge on any atom is 0.219 e. The van der Waals surface area contributed by atoms with Gasteiger partial charge >= 0.3 is 0 Å².